The lowest BCUT2D eigenvalue weighted by molar-refractivity contribution is 0.507. The number of hydrogen-bond donors (Lipinski definition) is 0. The van der Waals surface area contributed by atoms with Crippen LogP contribution in [0.3, 0.4) is 0 Å². The van der Waals surface area contributed by atoms with Gasteiger partial charge in [0.15, 0.2) is 0 Å². The Balaban J connectivity index is 3.70. The van der Waals surface area contributed by atoms with Crippen molar-refractivity contribution in [2.24, 2.45) is 0 Å². The van der Waals surface area contributed by atoms with Gasteiger partial charge in [0.25, 0.3) is 0 Å². The van der Waals surface area contributed by atoms with E-state index in [1.807, 2.05) is 0 Å². The zero-order valence-electron chi connectivity index (χ0n) is 6.57. The molecule has 1 heterocycles. The Morgan fingerprint density at radius 1 is 1.46 bits per heavy atom. The molecule has 0 unspecified atom stereocenters. The van der Waals surface area contributed by atoms with Crippen LogP contribution in [0.2, 0.25) is 0 Å². The number of nitriles is 2. The van der Waals surface area contributed by atoms with Gasteiger partial charge in [0, 0.05) is 0 Å². The van der Waals surface area contributed by atoms with Crippen molar-refractivity contribution in [2.45, 2.75) is 0 Å². The molecule has 0 saturated heterocycles. The normalized spacial score (nSPS) is 8.46. The lowest BCUT2D eigenvalue weighted by Crippen LogP contribution is -2.06. The largest absolute Gasteiger partial charge is 0.429 e. The van der Waals surface area contributed by atoms with E-state index in [4.69, 9.17) is 10.5 Å². The Bertz CT molecular complexity index is 486. The van der Waals surface area contributed by atoms with Crippen molar-refractivity contribution in [1.29, 1.82) is 10.5 Å². The average Bonchev–Trinajstić information content (AvgIpc) is 2.17. The van der Waals surface area contributed by atoms with E-state index in [1.165, 1.54) is 6.08 Å². The molecule has 4 nitrogen and oxygen atoms in total. The molecule has 0 N–H and O–H groups in total. The van der Waals surface area contributed by atoms with E-state index in [0.717, 1.165) is 6.26 Å². The van der Waals surface area contributed by atoms with Crippen molar-refractivity contribution in [1.82, 2.24) is 0 Å². The molecule has 62 valence electrons. The molecule has 0 spiro atoms. The molecule has 0 aliphatic carbocycles. The first-order chi connectivity index (χ1) is 6.24. The van der Waals surface area contributed by atoms with E-state index in [0.29, 0.717) is 0 Å². The van der Waals surface area contributed by atoms with Crippen LogP contribution in [-0.2, 0) is 0 Å². The van der Waals surface area contributed by atoms with Gasteiger partial charge in [-0.3, -0.25) is 0 Å². The first-order valence-electron chi connectivity index (χ1n) is 3.33. The average molecular weight is 172 g/mol. The molecular weight excluding hydrogens is 168 g/mol. The molecule has 0 fully saturated rings. The minimum atomic E-state index is -0.662. The van der Waals surface area contributed by atoms with Crippen molar-refractivity contribution in [3.05, 3.63) is 40.0 Å². The van der Waals surface area contributed by atoms with Crippen molar-refractivity contribution >= 4 is 6.08 Å². The maximum absolute atomic E-state index is 11.0. The zero-order chi connectivity index (χ0) is 9.84. The standard InChI is InChI=1S/C9H4N2O2/c1-2-7-8(4-11)6(3-10)5-13-9(7)12/h2,5H,1H2. The lowest BCUT2D eigenvalue weighted by atomic mass is 10.1. The summed E-state index contributed by atoms with van der Waals surface area (Å²) in [5, 5.41) is 17.2. The maximum atomic E-state index is 11.0. The molecule has 0 saturated carbocycles. The van der Waals surface area contributed by atoms with Crippen LogP contribution in [0.4, 0.5) is 0 Å². The SMILES string of the molecule is C=Cc1c(C#N)c(C#N)coc1=O. The number of nitrogens with zero attached hydrogens (tertiary/aromatic N) is 2. The van der Waals surface area contributed by atoms with Crippen LogP contribution < -0.4 is 5.63 Å². The minimum Gasteiger partial charge on any atom is -0.429 e. The second-order valence-corrected chi connectivity index (χ2v) is 2.15. The Morgan fingerprint density at radius 3 is 2.62 bits per heavy atom. The van der Waals surface area contributed by atoms with Gasteiger partial charge in [0.05, 0.1) is 11.1 Å². The molecule has 0 bridgehead atoms. The molecule has 0 radical (unpaired) electrons. The first-order valence-corrected chi connectivity index (χ1v) is 3.33. The van der Waals surface area contributed by atoms with Crippen LogP contribution in [0.25, 0.3) is 6.08 Å². The van der Waals surface area contributed by atoms with E-state index in [9.17, 15) is 4.79 Å². The Labute approximate surface area is 74.0 Å². The van der Waals surface area contributed by atoms with Crippen LogP contribution in [0.1, 0.15) is 16.7 Å². The molecule has 1 aromatic heterocycles. The second-order valence-electron chi connectivity index (χ2n) is 2.15. The van der Waals surface area contributed by atoms with Gasteiger partial charge >= 0.3 is 5.63 Å². The van der Waals surface area contributed by atoms with Crippen LogP contribution in [0.15, 0.2) is 22.1 Å². The zero-order valence-corrected chi connectivity index (χ0v) is 6.57. The van der Waals surface area contributed by atoms with E-state index >= 15 is 0 Å². The summed E-state index contributed by atoms with van der Waals surface area (Å²) in [6, 6.07) is 3.50. The fourth-order valence-corrected chi connectivity index (χ4v) is 0.870. The van der Waals surface area contributed by atoms with E-state index in [2.05, 4.69) is 11.0 Å². The van der Waals surface area contributed by atoms with Gasteiger partial charge in [-0.2, -0.15) is 10.5 Å². The van der Waals surface area contributed by atoms with Gasteiger partial charge in [-0.15, -0.1) is 0 Å². The van der Waals surface area contributed by atoms with Crippen molar-refractivity contribution in [2.75, 3.05) is 0 Å². The molecule has 0 aromatic carbocycles. The molecule has 0 atom stereocenters. The van der Waals surface area contributed by atoms with Crippen LogP contribution in [0.5, 0.6) is 0 Å². The summed E-state index contributed by atoms with van der Waals surface area (Å²) in [4.78, 5) is 11.0. The molecule has 0 amide bonds. The monoisotopic (exact) mass is 172 g/mol. The van der Waals surface area contributed by atoms with Crippen LogP contribution in [0, 0.1) is 22.7 Å². The van der Waals surface area contributed by atoms with Gasteiger partial charge in [-0.1, -0.05) is 12.7 Å². The molecule has 1 rings (SSSR count). The number of hydrogen-bond acceptors (Lipinski definition) is 4. The summed E-state index contributed by atoms with van der Waals surface area (Å²) >= 11 is 0. The third kappa shape index (κ3) is 1.33. The fourth-order valence-electron chi connectivity index (χ4n) is 0.870. The molecule has 0 aliphatic heterocycles. The molecule has 13 heavy (non-hydrogen) atoms. The second kappa shape index (κ2) is 3.38. The summed E-state index contributed by atoms with van der Waals surface area (Å²) in [5.41, 5.74) is -0.585. The van der Waals surface area contributed by atoms with Gasteiger partial charge < -0.3 is 4.42 Å². The third-order valence-corrected chi connectivity index (χ3v) is 1.48. The van der Waals surface area contributed by atoms with E-state index < -0.39 is 5.63 Å². The van der Waals surface area contributed by atoms with Crippen LogP contribution in [-0.4, -0.2) is 0 Å². The van der Waals surface area contributed by atoms with Gasteiger partial charge in [0.1, 0.15) is 24.0 Å². The molecule has 0 aliphatic rings. The van der Waals surface area contributed by atoms with Crippen molar-refractivity contribution < 1.29 is 4.42 Å². The Kier molecular flexibility index (Phi) is 2.28. The highest BCUT2D eigenvalue weighted by atomic mass is 16.4. The van der Waals surface area contributed by atoms with Gasteiger partial charge in [-0.25, -0.2) is 4.79 Å². The van der Waals surface area contributed by atoms with Crippen molar-refractivity contribution in [3.8, 4) is 12.1 Å². The summed E-state index contributed by atoms with van der Waals surface area (Å²) < 4.78 is 4.51. The first kappa shape index (κ1) is 8.76. The predicted octanol–water partition coefficient (Wildman–Crippen LogP) is 1.03. The molecule has 4 heteroatoms. The highest BCUT2D eigenvalue weighted by molar-refractivity contribution is 5.59. The number of rotatable bonds is 1. The Hall–Kier alpha value is -2.33. The maximum Gasteiger partial charge on any atom is 0.344 e. The highest BCUT2D eigenvalue weighted by Gasteiger charge is 2.10. The van der Waals surface area contributed by atoms with Gasteiger partial charge in [-0.05, 0) is 0 Å². The third-order valence-electron chi connectivity index (χ3n) is 1.48. The quantitative estimate of drug-likeness (QED) is 0.633. The minimum absolute atomic E-state index is 0.00810. The summed E-state index contributed by atoms with van der Waals surface area (Å²) in [7, 11) is 0. The van der Waals surface area contributed by atoms with E-state index in [1.54, 1.807) is 12.1 Å². The van der Waals surface area contributed by atoms with E-state index in [-0.39, 0.29) is 16.7 Å². The molecular formula is C9H4N2O2. The topological polar surface area (TPSA) is 77.8 Å². The molecule has 1 aromatic rings. The van der Waals surface area contributed by atoms with Crippen molar-refractivity contribution in [3.63, 3.8) is 0 Å². The Morgan fingerprint density at radius 2 is 2.15 bits per heavy atom. The van der Waals surface area contributed by atoms with Gasteiger partial charge in [0.2, 0.25) is 0 Å². The predicted molar refractivity (Wildman–Crippen MR) is 44.5 cm³/mol. The summed E-state index contributed by atoms with van der Waals surface area (Å²) in [6.07, 6.45) is 2.17. The van der Waals surface area contributed by atoms with Crippen LogP contribution >= 0.6 is 0 Å². The summed E-state index contributed by atoms with van der Waals surface area (Å²) in [5.74, 6) is 0. The smallest absolute Gasteiger partial charge is 0.344 e. The highest BCUT2D eigenvalue weighted by Crippen LogP contribution is 2.09. The lowest BCUT2D eigenvalue weighted by Gasteiger charge is -1.95. The fraction of sp³-hybridized carbons (Fsp3) is 0. The summed E-state index contributed by atoms with van der Waals surface area (Å²) in [6.45, 7) is 3.36.